The Balaban J connectivity index is 1.70. The minimum atomic E-state index is -0.964. The van der Waals surface area contributed by atoms with Crippen LogP contribution in [0.15, 0.2) is 60.4 Å². The molecule has 1 aromatic heterocycles. The molecule has 0 spiro atoms. The fourth-order valence-electron chi connectivity index (χ4n) is 4.03. The lowest BCUT2D eigenvalue weighted by atomic mass is 9.96. The summed E-state index contributed by atoms with van der Waals surface area (Å²) in [5.41, 5.74) is 0.943. The monoisotopic (exact) mass is 498 g/mol. The zero-order valence-corrected chi connectivity index (χ0v) is 19.1. The first kappa shape index (κ1) is 22.1. The topological polar surface area (TPSA) is 98.2 Å². The number of anilines is 1. The van der Waals surface area contributed by atoms with Crippen molar-refractivity contribution in [1.29, 1.82) is 0 Å². The summed E-state index contributed by atoms with van der Waals surface area (Å²) >= 11 is 12.5. The van der Waals surface area contributed by atoms with Gasteiger partial charge in [0, 0.05) is 29.7 Å². The van der Waals surface area contributed by atoms with E-state index in [0.29, 0.717) is 22.7 Å². The molecule has 3 heterocycles. The average Bonchev–Trinajstić information content (AvgIpc) is 3.41. The predicted octanol–water partition coefficient (Wildman–Crippen LogP) is 4.75. The molecule has 1 unspecified atom stereocenters. The number of fused-ring (bicyclic) bond motifs is 1. The highest BCUT2D eigenvalue weighted by atomic mass is 35.5. The number of methoxy groups -OCH3 is 1. The van der Waals surface area contributed by atoms with E-state index in [2.05, 4.69) is 4.98 Å². The maximum Gasteiger partial charge on any atom is 0.300 e. The van der Waals surface area contributed by atoms with E-state index >= 15 is 0 Å². The van der Waals surface area contributed by atoms with Crippen molar-refractivity contribution < 1.29 is 28.9 Å². The van der Waals surface area contributed by atoms with Gasteiger partial charge < -0.3 is 19.3 Å². The number of aliphatic hydroxyl groups excluding tert-OH is 1. The number of hydrogen-bond acceptors (Lipinski definition) is 7. The smallest absolute Gasteiger partial charge is 0.300 e. The number of ether oxygens (including phenoxy) is 3. The largest absolute Gasteiger partial charge is 0.507 e. The van der Waals surface area contributed by atoms with Crippen molar-refractivity contribution in [2.75, 3.05) is 18.8 Å². The molecule has 3 aromatic rings. The summed E-state index contributed by atoms with van der Waals surface area (Å²) in [6.07, 6.45) is 3.09. The molecule has 2 aromatic carbocycles. The Bertz CT molecular complexity index is 1340. The molecule has 0 radical (unpaired) electrons. The number of nitrogens with zero attached hydrogens (tertiary/aromatic N) is 2. The molecule has 1 saturated heterocycles. The normalized spacial score (nSPS) is 18.4. The summed E-state index contributed by atoms with van der Waals surface area (Å²) in [5, 5.41) is 11.5. The maximum atomic E-state index is 13.2. The first-order valence-electron chi connectivity index (χ1n) is 10.0. The highest BCUT2D eigenvalue weighted by Crippen LogP contribution is 2.45. The SMILES string of the molecule is COc1c(Cl)cc(/C(O)=C2\C(=O)C(=O)N(c3ccc4c(c3)OCO4)C2c2cccnc2)cc1Cl. The van der Waals surface area contributed by atoms with Crippen LogP contribution in [0.1, 0.15) is 17.2 Å². The Morgan fingerprint density at radius 1 is 1.12 bits per heavy atom. The standard InChI is InChI=1S/C24H16Cl2N2O6/c1-32-23-15(25)7-13(8-16(23)26)21(29)19-20(12-3-2-6-27-10-12)28(24(31)22(19)30)14-4-5-17-18(9-14)34-11-33-17/h2-10,20,29H,11H2,1H3/b21-19+. The summed E-state index contributed by atoms with van der Waals surface area (Å²) in [7, 11) is 1.41. The summed E-state index contributed by atoms with van der Waals surface area (Å²) in [6, 6.07) is 10.2. The van der Waals surface area contributed by atoms with Gasteiger partial charge in [-0.2, -0.15) is 0 Å². The fourth-order valence-corrected chi connectivity index (χ4v) is 4.68. The third-order valence-corrected chi connectivity index (χ3v) is 6.12. The van der Waals surface area contributed by atoms with Crippen LogP contribution in [-0.2, 0) is 9.59 Å². The molecule has 8 nitrogen and oxygen atoms in total. The minimum absolute atomic E-state index is 0.0582. The molecule has 34 heavy (non-hydrogen) atoms. The quantitative estimate of drug-likeness (QED) is 0.314. The maximum absolute atomic E-state index is 13.2. The zero-order chi connectivity index (χ0) is 24.0. The van der Waals surface area contributed by atoms with Crippen molar-refractivity contribution in [3.05, 3.63) is 81.6 Å². The number of ketones is 1. The second kappa shape index (κ2) is 8.55. The van der Waals surface area contributed by atoms with Gasteiger partial charge in [-0.25, -0.2) is 0 Å². The van der Waals surface area contributed by atoms with E-state index in [1.807, 2.05) is 0 Å². The molecular formula is C24H16Cl2N2O6. The molecule has 1 N–H and O–H groups in total. The molecule has 0 saturated carbocycles. The summed E-state index contributed by atoms with van der Waals surface area (Å²) in [6.45, 7) is 0.0582. The van der Waals surface area contributed by atoms with Crippen LogP contribution < -0.4 is 19.1 Å². The number of aliphatic hydroxyl groups is 1. The van der Waals surface area contributed by atoms with E-state index in [4.69, 9.17) is 37.4 Å². The van der Waals surface area contributed by atoms with Crippen LogP contribution in [0.5, 0.6) is 17.2 Å². The van der Waals surface area contributed by atoms with Gasteiger partial charge in [-0.3, -0.25) is 19.5 Å². The first-order valence-corrected chi connectivity index (χ1v) is 10.8. The zero-order valence-electron chi connectivity index (χ0n) is 17.6. The molecule has 0 aliphatic carbocycles. The van der Waals surface area contributed by atoms with Crippen LogP contribution in [0.25, 0.3) is 5.76 Å². The van der Waals surface area contributed by atoms with E-state index in [-0.39, 0.29) is 33.7 Å². The van der Waals surface area contributed by atoms with Gasteiger partial charge in [-0.05, 0) is 35.9 Å². The fraction of sp³-hybridized carbons (Fsp3) is 0.125. The first-order chi connectivity index (χ1) is 16.4. The highest BCUT2D eigenvalue weighted by Gasteiger charge is 2.47. The molecule has 2 aliphatic heterocycles. The van der Waals surface area contributed by atoms with E-state index in [9.17, 15) is 14.7 Å². The number of pyridine rings is 1. The lowest BCUT2D eigenvalue weighted by molar-refractivity contribution is -0.132. The van der Waals surface area contributed by atoms with Gasteiger partial charge in [0.2, 0.25) is 6.79 Å². The number of amides is 1. The van der Waals surface area contributed by atoms with Gasteiger partial charge in [0.1, 0.15) is 5.76 Å². The van der Waals surface area contributed by atoms with Gasteiger partial charge in [-0.1, -0.05) is 29.3 Å². The van der Waals surface area contributed by atoms with Gasteiger partial charge in [0.15, 0.2) is 17.2 Å². The molecule has 10 heteroatoms. The van der Waals surface area contributed by atoms with Gasteiger partial charge in [-0.15, -0.1) is 0 Å². The van der Waals surface area contributed by atoms with Crippen LogP contribution in [0.2, 0.25) is 10.0 Å². The number of carbonyl (C=O) groups excluding carboxylic acids is 2. The lowest BCUT2D eigenvalue weighted by Gasteiger charge is -2.25. The Hall–Kier alpha value is -3.75. The lowest BCUT2D eigenvalue weighted by Crippen LogP contribution is -2.29. The molecule has 2 aliphatic rings. The highest BCUT2D eigenvalue weighted by molar-refractivity contribution is 6.51. The van der Waals surface area contributed by atoms with Crippen LogP contribution >= 0.6 is 23.2 Å². The Kier molecular flexibility index (Phi) is 5.55. The molecular weight excluding hydrogens is 483 g/mol. The second-order valence-corrected chi connectivity index (χ2v) is 8.28. The van der Waals surface area contributed by atoms with Crippen molar-refractivity contribution >= 4 is 46.3 Å². The molecule has 0 bridgehead atoms. The van der Waals surface area contributed by atoms with E-state index < -0.39 is 23.5 Å². The molecule has 1 fully saturated rings. The van der Waals surface area contributed by atoms with Crippen LogP contribution in [0, 0.1) is 0 Å². The van der Waals surface area contributed by atoms with Gasteiger partial charge >= 0.3 is 0 Å². The number of hydrogen-bond donors (Lipinski definition) is 1. The van der Waals surface area contributed by atoms with Gasteiger partial charge in [0.25, 0.3) is 11.7 Å². The molecule has 5 rings (SSSR count). The Morgan fingerprint density at radius 2 is 1.85 bits per heavy atom. The Morgan fingerprint density at radius 3 is 2.53 bits per heavy atom. The van der Waals surface area contributed by atoms with Gasteiger partial charge in [0.05, 0.1) is 28.8 Å². The number of rotatable bonds is 4. The Labute approximate surface area is 203 Å². The number of benzene rings is 2. The third-order valence-electron chi connectivity index (χ3n) is 5.55. The van der Waals surface area contributed by atoms with Crippen molar-refractivity contribution in [2.45, 2.75) is 6.04 Å². The molecule has 1 amide bonds. The van der Waals surface area contributed by atoms with Crippen molar-refractivity contribution in [3.63, 3.8) is 0 Å². The number of Topliss-reactive ketones (excluding diaryl/α,β-unsaturated/α-hetero) is 1. The summed E-state index contributed by atoms with van der Waals surface area (Å²) in [4.78, 5) is 31.9. The summed E-state index contributed by atoms with van der Waals surface area (Å²) < 4.78 is 15.9. The molecule has 1 atom stereocenters. The average molecular weight is 499 g/mol. The second-order valence-electron chi connectivity index (χ2n) is 7.47. The minimum Gasteiger partial charge on any atom is -0.507 e. The van der Waals surface area contributed by atoms with Crippen molar-refractivity contribution in [2.24, 2.45) is 0 Å². The van der Waals surface area contributed by atoms with Crippen LogP contribution in [-0.4, -0.2) is 35.7 Å². The third kappa shape index (κ3) is 3.52. The van der Waals surface area contributed by atoms with Crippen LogP contribution in [0.4, 0.5) is 5.69 Å². The number of aromatic nitrogens is 1. The van der Waals surface area contributed by atoms with Crippen molar-refractivity contribution in [1.82, 2.24) is 4.98 Å². The predicted molar refractivity (Wildman–Crippen MR) is 125 cm³/mol. The van der Waals surface area contributed by atoms with Crippen molar-refractivity contribution in [3.8, 4) is 17.2 Å². The number of carbonyl (C=O) groups is 2. The summed E-state index contributed by atoms with van der Waals surface area (Å²) in [5.74, 6) is -0.919. The molecule has 172 valence electrons. The van der Waals surface area contributed by atoms with E-state index in [1.54, 1.807) is 36.5 Å². The number of halogens is 2. The van der Waals surface area contributed by atoms with Crippen LogP contribution in [0.3, 0.4) is 0 Å². The van der Waals surface area contributed by atoms with E-state index in [1.165, 1.54) is 30.3 Å². The van der Waals surface area contributed by atoms with E-state index in [0.717, 1.165) is 0 Å².